The summed E-state index contributed by atoms with van der Waals surface area (Å²) < 4.78 is 9.80. The molecule has 10 heteroatoms. The van der Waals surface area contributed by atoms with Gasteiger partial charge in [-0.25, -0.2) is 9.59 Å². The number of hydrogen-bond donors (Lipinski definition) is 3. The molecule has 3 N–H and O–H groups in total. The van der Waals surface area contributed by atoms with Crippen LogP contribution < -0.4 is 10.6 Å². The summed E-state index contributed by atoms with van der Waals surface area (Å²) in [6.45, 7) is 21.2. The summed E-state index contributed by atoms with van der Waals surface area (Å²) in [5.74, 6) is 0.0659. The van der Waals surface area contributed by atoms with E-state index in [4.69, 9.17) is 9.47 Å². The van der Waals surface area contributed by atoms with E-state index in [2.05, 4.69) is 38.0 Å². The monoisotopic (exact) mass is 501 g/mol. The number of nitrogens with one attached hydrogen (secondary N) is 2. The number of amides is 3. The van der Waals surface area contributed by atoms with E-state index in [0.29, 0.717) is 26.0 Å². The van der Waals surface area contributed by atoms with Gasteiger partial charge in [0, 0.05) is 18.5 Å². The summed E-state index contributed by atoms with van der Waals surface area (Å²) >= 11 is 0. The van der Waals surface area contributed by atoms with Crippen LogP contribution in [0.3, 0.4) is 0 Å². The lowest BCUT2D eigenvalue weighted by Crippen LogP contribution is -2.43. The fraction of sp³-hybridized carbons (Fsp3) is 0.760. The van der Waals surface area contributed by atoms with Crippen LogP contribution in [0.25, 0.3) is 0 Å². The summed E-state index contributed by atoms with van der Waals surface area (Å²) in [4.78, 5) is 46.2. The van der Waals surface area contributed by atoms with Crippen LogP contribution in [0, 0.1) is 11.8 Å². The number of carbonyl (C=O) groups excluding carboxylic acids is 4. The topological polar surface area (TPSA) is 134 Å². The smallest absolute Gasteiger partial charge is 0.408 e. The van der Waals surface area contributed by atoms with E-state index in [0.717, 1.165) is 5.92 Å². The second-order valence-corrected chi connectivity index (χ2v) is 9.98. The van der Waals surface area contributed by atoms with E-state index in [1.807, 2.05) is 6.92 Å². The molecule has 4 unspecified atom stereocenters. The minimum atomic E-state index is -0.630. The van der Waals surface area contributed by atoms with E-state index >= 15 is 0 Å². The van der Waals surface area contributed by atoms with Crippen LogP contribution in [0.4, 0.5) is 4.79 Å². The predicted octanol–water partition coefficient (Wildman–Crippen LogP) is 2.64. The average Bonchev–Trinajstić information content (AvgIpc) is 3.06. The van der Waals surface area contributed by atoms with E-state index < -0.39 is 29.8 Å². The maximum atomic E-state index is 11.8. The van der Waals surface area contributed by atoms with Crippen LogP contribution in [0.1, 0.15) is 68.7 Å². The molecule has 0 spiro atoms. The van der Waals surface area contributed by atoms with Crippen molar-refractivity contribution in [3.63, 3.8) is 0 Å². The van der Waals surface area contributed by atoms with Crippen molar-refractivity contribution in [3.05, 3.63) is 12.7 Å². The first-order valence-electron chi connectivity index (χ1n) is 12.0. The number of likely N-dealkylation sites (tertiary alicyclic amines) is 1. The maximum absolute atomic E-state index is 11.8. The quantitative estimate of drug-likeness (QED) is 0.264. The number of hydrogen-bond acceptors (Lipinski definition) is 7. The fourth-order valence-electron chi connectivity index (χ4n) is 2.79. The van der Waals surface area contributed by atoms with Gasteiger partial charge in [0.1, 0.15) is 18.2 Å². The number of aliphatic hydroxyl groups excluding tert-OH is 1. The summed E-state index contributed by atoms with van der Waals surface area (Å²) in [5.41, 5.74) is -0.579. The molecule has 0 saturated carbocycles. The Kier molecular flexibility index (Phi) is 17.5. The zero-order chi connectivity index (χ0) is 27.8. The highest BCUT2D eigenvalue weighted by Crippen LogP contribution is 2.17. The van der Waals surface area contributed by atoms with Crippen LogP contribution in [0.5, 0.6) is 0 Å². The van der Waals surface area contributed by atoms with Crippen LogP contribution in [0.15, 0.2) is 12.7 Å². The molecule has 1 rings (SSSR count). The first kappa shape index (κ1) is 34.5. The first-order chi connectivity index (χ1) is 16.1. The number of nitrogens with zero attached hydrogens (tertiary/aromatic N) is 1. The molecule has 4 atom stereocenters. The van der Waals surface area contributed by atoms with E-state index in [1.165, 1.54) is 0 Å². The van der Waals surface area contributed by atoms with Crippen molar-refractivity contribution in [2.45, 2.75) is 92.5 Å². The molecule has 0 bridgehead atoms. The first-order valence-corrected chi connectivity index (χ1v) is 12.0. The highest BCUT2D eigenvalue weighted by molar-refractivity contribution is 5.82. The van der Waals surface area contributed by atoms with Crippen molar-refractivity contribution in [1.29, 1.82) is 0 Å². The standard InChI is InChI=1S/C12H22N2O4.C9H15NO3.C4H10/c1-8-5-9(15)7-14(8)10(16)6-13-11(17)18-12(2,3)4;1-4-7(3)8(10-6-11)9(12)13-5-2;1-4(2)3/h8-9,15H,5-7H2,1-4H3,(H,13,17);4,6-8H,1,5H2,2-3H3,(H,10,11);4H,1-3H3. The predicted molar refractivity (Wildman–Crippen MR) is 136 cm³/mol. The summed E-state index contributed by atoms with van der Waals surface area (Å²) in [7, 11) is 0. The van der Waals surface area contributed by atoms with Gasteiger partial charge in [0.05, 0.1) is 12.7 Å². The minimum absolute atomic E-state index is 0.00735. The molecular weight excluding hydrogens is 454 g/mol. The summed E-state index contributed by atoms with van der Waals surface area (Å²) in [6, 6.07) is -0.622. The number of rotatable bonds is 8. The molecule has 0 aromatic rings. The fourth-order valence-corrected chi connectivity index (χ4v) is 2.79. The Morgan fingerprint density at radius 2 is 1.74 bits per heavy atom. The molecule has 1 aliphatic heterocycles. The molecule has 0 aromatic carbocycles. The molecule has 3 amide bonds. The van der Waals surface area contributed by atoms with Crippen LogP contribution in [-0.2, 0) is 23.9 Å². The molecule has 10 nitrogen and oxygen atoms in total. The second kappa shape index (κ2) is 17.8. The van der Waals surface area contributed by atoms with Gasteiger partial charge in [-0.2, -0.15) is 0 Å². The van der Waals surface area contributed by atoms with Crippen molar-refractivity contribution in [2.24, 2.45) is 11.8 Å². The maximum Gasteiger partial charge on any atom is 0.408 e. The minimum Gasteiger partial charge on any atom is -0.464 e. The third kappa shape index (κ3) is 17.5. The lowest BCUT2D eigenvalue weighted by molar-refractivity contribution is -0.147. The van der Waals surface area contributed by atoms with E-state index in [1.54, 1.807) is 45.6 Å². The van der Waals surface area contributed by atoms with E-state index in [9.17, 15) is 24.3 Å². The Labute approximate surface area is 210 Å². The molecule has 1 aliphatic rings. The highest BCUT2D eigenvalue weighted by atomic mass is 16.6. The van der Waals surface area contributed by atoms with Crippen molar-refractivity contribution in [2.75, 3.05) is 19.7 Å². The lowest BCUT2D eigenvalue weighted by atomic mass is 10.0. The van der Waals surface area contributed by atoms with Gasteiger partial charge in [-0.05, 0) is 47.0 Å². The number of carbonyl (C=O) groups is 4. The summed E-state index contributed by atoms with van der Waals surface area (Å²) in [6.07, 6.45) is 1.59. The SMILES string of the molecule is C=CC(C)C(NC=O)C(=O)OCC.CC(C)C.CC1CC(O)CN1C(=O)CNC(=O)OC(C)(C)C. The van der Waals surface area contributed by atoms with Crippen LogP contribution in [0.2, 0.25) is 0 Å². The third-order valence-corrected chi connectivity index (χ3v) is 4.34. The largest absolute Gasteiger partial charge is 0.464 e. The zero-order valence-electron chi connectivity index (χ0n) is 22.9. The number of esters is 1. The van der Waals surface area contributed by atoms with Crippen molar-refractivity contribution in [3.8, 4) is 0 Å². The molecule has 1 heterocycles. The van der Waals surface area contributed by atoms with Gasteiger partial charge in [-0.3, -0.25) is 9.59 Å². The Bertz CT molecular complexity index is 659. The van der Waals surface area contributed by atoms with Crippen molar-refractivity contribution in [1.82, 2.24) is 15.5 Å². The zero-order valence-corrected chi connectivity index (χ0v) is 22.9. The normalized spacial score (nSPS) is 18.5. The second-order valence-electron chi connectivity index (χ2n) is 9.98. The number of aliphatic hydroxyl groups is 1. The van der Waals surface area contributed by atoms with Gasteiger partial charge in [-0.1, -0.05) is 33.8 Å². The molecule has 0 radical (unpaired) electrons. The molecule has 0 aliphatic carbocycles. The molecular formula is C25H47N3O7. The molecule has 1 saturated heterocycles. The number of ether oxygens (including phenoxy) is 2. The van der Waals surface area contributed by atoms with Crippen molar-refractivity contribution >= 4 is 24.4 Å². The Morgan fingerprint density at radius 1 is 1.20 bits per heavy atom. The number of β-amino-alcohol motifs (C(OH)–C–C–N with tert-alkyl or cyclic N) is 1. The van der Waals surface area contributed by atoms with Gasteiger partial charge in [0.25, 0.3) is 0 Å². The summed E-state index contributed by atoms with van der Waals surface area (Å²) in [5, 5.41) is 14.3. The number of alkyl carbamates (subject to hydrolysis) is 1. The van der Waals surface area contributed by atoms with Gasteiger partial charge >= 0.3 is 12.1 Å². The van der Waals surface area contributed by atoms with Crippen LogP contribution in [-0.4, -0.2) is 77.9 Å². The van der Waals surface area contributed by atoms with Gasteiger partial charge < -0.3 is 30.1 Å². The third-order valence-electron chi connectivity index (χ3n) is 4.34. The highest BCUT2D eigenvalue weighted by Gasteiger charge is 2.31. The van der Waals surface area contributed by atoms with Crippen molar-refractivity contribution < 1.29 is 33.8 Å². The average molecular weight is 502 g/mol. The van der Waals surface area contributed by atoms with Gasteiger partial charge in [0.15, 0.2) is 0 Å². The van der Waals surface area contributed by atoms with Crippen LogP contribution >= 0.6 is 0 Å². The molecule has 1 fully saturated rings. The molecule has 35 heavy (non-hydrogen) atoms. The Morgan fingerprint density at radius 3 is 2.11 bits per heavy atom. The van der Waals surface area contributed by atoms with E-state index in [-0.39, 0.29) is 24.4 Å². The van der Waals surface area contributed by atoms with Gasteiger partial charge in [-0.15, -0.1) is 6.58 Å². The molecule has 204 valence electrons. The molecule has 0 aromatic heterocycles. The van der Waals surface area contributed by atoms with Gasteiger partial charge in [0.2, 0.25) is 12.3 Å². The Balaban J connectivity index is 0. The Hall–Kier alpha value is -2.62. The lowest BCUT2D eigenvalue weighted by Gasteiger charge is -2.23.